The average molecular weight is 690 g/mol. The van der Waals surface area contributed by atoms with Gasteiger partial charge in [-0.25, -0.2) is 0 Å². The maximum Gasteiger partial charge on any atom is 0.416 e. The largest absolute Gasteiger partial charge is 0.465 e. The predicted molar refractivity (Wildman–Crippen MR) is 181 cm³/mol. The van der Waals surface area contributed by atoms with Gasteiger partial charge in [0.25, 0.3) is 5.91 Å². The van der Waals surface area contributed by atoms with Crippen LogP contribution in [0.5, 0.6) is 0 Å². The zero-order valence-corrected chi connectivity index (χ0v) is 28.0. The molecule has 0 bridgehead atoms. The first kappa shape index (κ1) is 37.4. The summed E-state index contributed by atoms with van der Waals surface area (Å²) in [6, 6.07) is 24.8. The van der Waals surface area contributed by atoms with E-state index >= 15 is 0 Å². The Morgan fingerprint density at radius 2 is 1.34 bits per heavy atom. The first-order valence-electron chi connectivity index (χ1n) is 16.1. The molecule has 0 heterocycles. The van der Waals surface area contributed by atoms with Crippen LogP contribution in [0, 0.1) is 6.92 Å². The minimum absolute atomic E-state index is 0.00252. The van der Waals surface area contributed by atoms with Gasteiger partial charge in [0.2, 0.25) is 0 Å². The number of anilines is 1. The number of halogens is 3. The average Bonchev–Trinajstić information content (AvgIpc) is 3.10. The van der Waals surface area contributed by atoms with Crippen molar-refractivity contribution in [1.82, 2.24) is 0 Å². The molecule has 4 aromatic rings. The van der Waals surface area contributed by atoms with E-state index in [1.54, 1.807) is 93.6 Å². The number of carbonyl (C=O) groups is 4. The Labute approximate surface area is 288 Å². The highest BCUT2D eigenvalue weighted by atomic mass is 19.4. The molecule has 4 aromatic carbocycles. The molecule has 0 aromatic heterocycles. The summed E-state index contributed by atoms with van der Waals surface area (Å²) in [6.07, 6.45) is -4.36. The molecule has 0 spiro atoms. The van der Waals surface area contributed by atoms with Crippen LogP contribution in [0.4, 0.5) is 18.9 Å². The van der Waals surface area contributed by atoms with Crippen molar-refractivity contribution < 1.29 is 46.6 Å². The van der Waals surface area contributed by atoms with Gasteiger partial charge in [-0.15, -0.1) is 0 Å². The molecule has 4 rings (SSSR count). The molecule has 11 heteroatoms. The standard InChI is InChI=1S/C39H38F3NO7/c1-4-48-36(46)38(37(47)49-5-2,29-12-7-6-8-13-29)22-11-23-50-34(44)25-27-16-21-33(26(3)24-27)43-35(45)32-15-10-9-14-31(32)28-17-19-30(20-18-28)39(40,41)42/h6-10,12-21,24H,4-5,11,22-23,25H2,1-3H3,(H,43,45). The maximum absolute atomic E-state index is 13.3. The number of hydrogen-bond donors (Lipinski definition) is 1. The van der Waals surface area contributed by atoms with E-state index in [4.69, 9.17) is 14.2 Å². The van der Waals surface area contributed by atoms with E-state index in [0.29, 0.717) is 33.5 Å². The summed E-state index contributed by atoms with van der Waals surface area (Å²) < 4.78 is 55.2. The van der Waals surface area contributed by atoms with Gasteiger partial charge in [-0.05, 0) is 85.7 Å². The molecule has 0 unspecified atom stereocenters. The molecule has 0 aliphatic carbocycles. The molecule has 262 valence electrons. The Bertz CT molecular complexity index is 1790. The van der Waals surface area contributed by atoms with Crippen LogP contribution in [0.3, 0.4) is 0 Å². The van der Waals surface area contributed by atoms with Crippen LogP contribution >= 0.6 is 0 Å². The number of alkyl halides is 3. The summed E-state index contributed by atoms with van der Waals surface area (Å²) in [5.74, 6) is -2.44. The van der Waals surface area contributed by atoms with Crippen LogP contribution in [0.1, 0.15) is 59.3 Å². The summed E-state index contributed by atoms with van der Waals surface area (Å²) in [5, 5.41) is 2.85. The molecule has 0 aliphatic rings. The number of carbonyl (C=O) groups excluding carboxylic acids is 4. The van der Waals surface area contributed by atoms with Gasteiger partial charge in [0.05, 0.1) is 31.8 Å². The lowest BCUT2D eigenvalue weighted by Gasteiger charge is -2.29. The Kier molecular flexibility index (Phi) is 12.5. The van der Waals surface area contributed by atoms with Crippen molar-refractivity contribution in [3.63, 3.8) is 0 Å². The number of rotatable bonds is 14. The SMILES string of the molecule is CCOC(=O)C(CCCOC(=O)Cc1ccc(NC(=O)c2ccccc2-c2ccc(C(F)(F)F)cc2)c(C)c1)(C(=O)OCC)c1ccccc1. The van der Waals surface area contributed by atoms with Gasteiger partial charge in [0.1, 0.15) is 0 Å². The monoisotopic (exact) mass is 689 g/mol. The lowest BCUT2D eigenvalue weighted by molar-refractivity contribution is -0.165. The minimum Gasteiger partial charge on any atom is -0.465 e. The Hall–Kier alpha value is -5.45. The third kappa shape index (κ3) is 8.96. The van der Waals surface area contributed by atoms with E-state index in [9.17, 15) is 32.3 Å². The molecule has 0 atom stereocenters. The molecule has 1 N–H and O–H groups in total. The van der Waals surface area contributed by atoms with Gasteiger partial charge in [-0.1, -0.05) is 72.8 Å². The predicted octanol–water partition coefficient (Wildman–Crippen LogP) is 7.86. The van der Waals surface area contributed by atoms with Crippen molar-refractivity contribution >= 4 is 29.5 Å². The zero-order chi connectivity index (χ0) is 36.3. The fourth-order valence-corrected chi connectivity index (χ4v) is 5.58. The summed E-state index contributed by atoms with van der Waals surface area (Å²) in [7, 11) is 0. The molecule has 0 saturated heterocycles. The van der Waals surface area contributed by atoms with Crippen LogP contribution in [-0.4, -0.2) is 43.6 Å². The van der Waals surface area contributed by atoms with Gasteiger partial charge in [-0.3, -0.25) is 19.2 Å². The van der Waals surface area contributed by atoms with Crippen LogP contribution in [0.2, 0.25) is 0 Å². The van der Waals surface area contributed by atoms with Crippen molar-refractivity contribution in [3.8, 4) is 11.1 Å². The van der Waals surface area contributed by atoms with E-state index in [1.165, 1.54) is 12.1 Å². The third-order valence-corrected chi connectivity index (χ3v) is 8.06. The van der Waals surface area contributed by atoms with Gasteiger partial charge >= 0.3 is 24.1 Å². The molecular formula is C39H38F3NO7. The van der Waals surface area contributed by atoms with E-state index in [-0.39, 0.29) is 44.6 Å². The Balaban J connectivity index is 1.38. The van der Waals surface area contributed by atoms with E-state index in [2.05, 4.69) is 5.32 Å². The van der Waals surface area contributed by atoms with Crippen molar-refractivity contribution in [1.29, 1.82) is 0 Å². The summed E-state index contributed by atoms with van der Waals surface area (Å²) >= 11 is 0. The van der Waals surface area contributed by atoms with Gasteiger partial charge in [0.15, 0.2) is 5.41 Å². The molecule has 0 saturated carbocycles. The second-order valence-electron chi connectivity index (χ2n) is 11.4. The van der Waals surface area contributed by atoms with Gasteiger partial charge < -0.3 is 19.5 Å². The third-order valence-electron chi connectivity index (χ3n) is 8.06. The van der Waals surface area contributed by atoms with E-state index in [0.717, 1.165) is 12.1 Å². The highest BCUT2D eigenvalue weighted by Crippen LogP contribution is 2.34. The quantitative estimate of drug-likeness (QED) is 0.0622. The van der Waals surface area contributed by atoms with Crippen LogP contribution < -0.4 is 5.32 Å². The first-order chi connectivity index (χ1) is 23.9. The molecule has 0 fully saturated rings. The normalized spacial score (nSPS) is 11.4. The molecule has 0 aliphatic heterocycles. The van der Waals surface area contributed by atoms with Crippen molar-refractivity contribution in [2.45, 2.75) is 51.6 Å². The zero-order valence-electron chi connectivity index (χ0n) is 28.0. The van der Waals surface area contributed by atoms with Crippen LogP contribution in [-0.2, 0) is 46.6 Å². The molecule has 0 radical (unpaired) electrons. The van der Waals surface area contributed by atoms with Crippen molar-refractivity contribution in [2.24, 2.45) is 0 Å². The van der Waals surface area contributed by atoms with Crippen molar-refractivity contribution in [2.75, 3.05) is 25.1 Å². The lowest BCUT2D eigenvalue weighted by atomic mass is 9.76. The highest BCUT2D eigenvalue weighted by Gasteiger charge is 2.50. The first-order valence-corrected chi connectivity index (χ1v) is 16.1. The number of aryl methyl sites for hydroxylation is 1. The number of ether oxygens (including phenoxy) is 3. The van der Waals surface area contributed by atoms with E-state index < -0.39 is 41.0 Å². The Morgan fingerprint density at radius 1 is 0.720 bits per heavy atom. The topological polar surface area (TPSA) is 108 Å². The minimum atomic E-state index is -4.47. The maximum atomic E-state index is 13.3. The lowest BCUT2D eigenvalue weighted by Crippen LogP contribution is -2.46. The number of nitrogens with one attached hydrogen (secondary N) is 1. The van der Waals surface area contributed by atoms with Gasteiger partial charge in [0, 0.05) is 11.3 Å². The smallest absolute Gasteiger partial charge is 0.416 e. The fraction of sp³-hybridized carbons (Fsp3) is 0.282. The molecular weight excluding hydrogens is 651 g/mol. The van der Waals surface area contributed by atoms with Crippen LogP contribution in [0.25, 0.3) is 11.1 Å². The fourth-order valence-electron chi connectivity index (χ4n) is 5.58. The summed E-state index contributed by atoms with van der Waals surface area (Å²) in [4.78, 5) is 52.4. The van der Waals surface area contributed by atoms with Crippen molar-refractivity contribution in [3.05, 3.63) is 125 Å². The number of hydrogen-bond acceptors (Lipinski definition) is 7. The number of esters is 3. The van der Waals surface area contributed by atoms with Gasteiger partial charge in [-0.2, -0.15) is 13.2 Å². The summed E-state index contributed by atoms with van der Waals surface area (Å²) in [6.45, 7) is 5.14. The Morgan fingerprint density at radius 3 is 1.94 bits per heavy atom. The number of benzene rings is 4. The summed E-state index contributed by atoms with van der Waals surface area (Å²) in [5.41, 5.74) is 0.938. The molecule has 50 heavy (non-hydrogen) atoms. The molecule has 8 nitrogen and oxygen atoms in total. The highest BCUT2D eigenvalue weighted by molar-refractivity contribution is 6.09. The van der Waals surface area contributed by atoms with Crippen LogP contribution in [0.15, 0.2) is 97.1 Å². The molecule has 1 amide bonds. The second kappa shape index (κ2) is 16.8. The number of amides is 1. The second-order valence-corrected chi connectivity index (χ2v) is 11.4. The van der Waals surface area contributed by atoms with E-state index in [1.807, 2.05) is 0 Å².